The summed E-state index contributed by atoms with van der Waals surface area (Å²) in [5.74, 6) is 0. The number of rotatable bonds is 0. The highest BCUT2D eigenvalue weighted by molar-refractivity contribution is 6.04. The van der Waals surface area contributed by atoms with Crippen LogP contribution in [-0.2, 0) is 0 Å². The van der Waals surface area contributed by atoms with Crippen molar-refractivity contribution in [3.8, 4) is 44.5 Å². The zero-order valence-corrected chi connectivity index (χ0v) is 14.7. The Balaban J connectivity index is 2.01. The molecule has 0 heterocycles. The minimum atomic E-state index is 0.738. The van der Waals surface area contributed by atoms with Crippen LogP contribution in [0.5, 0.6) is 0 Å². The van der Waals surface area contributed by atoms with Gasteiger partial charge in [0.15, 0.2) is 0 Å². The highest BCUT2D eigenvalue weighted by atomic mass is 14.6. The molecule has 0 fully saturated rings. The van der Waals surface area contributed by atoms with Crippen LogP contribution < -0.4 is 17.2 Å². The molecule has 0 saturated heterocycles. The van der Waals surface area contributed by atoms with Gasteiger partial charge in [0.2, 0.25) is 0 Å². The van der Waals surface area contributed by atoms with Crippen LogP contribution >= 0.6 is 0 Å². The largest absolute Gasteiger partial charge is 0.399 e. The zero-order chi connectivity index (χ0) is 18.5. The Morgan fingerprint density at radius 1 is 0.333 bits per heavy atom. The van der Waals surface area contributed by atoms with Gasteiger partial charge in [-0.3, -0.25) is 0 Å². The first-order valence-electron chi connectivity index (χ1n) is 8.91. The summed E-state index contributed by atoms with van der Waals surface area (Å²) in [6, 6.07) is 26.6. The van der Waals surface area contributed by atoms with Gasteiger partial charge >= 0.3 is 0 Å². The lowest BCUT2D eigenvalue weighted by Crippen LogP contribution is -2.00. The molecule has 0 unspecified atom stereocenters. The van der Waals surface area contributed by atoms with Crippen LogP contribution in [-0.4, -0.2) is 0 Å². The van der Waals surface area contributed by atoms with Crippen LogP contribution in [0, 0.1) is 0 Å². The van der Waals surface area contributed by atoms with Crippen molar-refractivity contribution in [2.24, 2.45) is 0 Å². The van der Waals surface area contributed by atoms with E-state index in [0.717, 1.165) is 61.6 Å². The molecule has 1 aliphatic carbocycles. The number of nitrogens with two attached hydrogens (primary N) is 3. The van der Waals surface area contributed by atoms with Crippen LogP contribution in [0.3, 0.4) is 0 Å². The monoisotopic (exact) mass is 349 g/mol. The van der Waals surface area contributed by atoms with Crippen LogP contribution in [0.15, 0.2) is 78.9 Å². The molecule has 0 saturated carbocycles. The van der Waals surface area contributed by atoms with Crippen molar-refractivity contribution < 1.29 is 0 Å². The van der Waals surface area contributed by atoms with Crippen molar-refractivity contribution in [1.82, 2.24) is 0 Å². The normalized spacial score (nSPS) is 11.4. The van der Waals surface area contributed by atoms with E-state index in [9.17, 15) is 0 Å². The zero-order valence-electron chi connectivity index (χ0n) is 14.7. The molecule has 3 nitrogen and oxygen atoms in total. The Bertz CT molecular complexity index is 1210. The topological polar surface area (TPSA) is 78.1 Å². The second-order valence-electron chi connectivity index (χ2n) is 6.96. The summed E-state index contributed by atoms with van der Waals surface area (Å²) < 4.78 is 0. The fourth-order valence-electron chi connectivity index (χ4n) is 4.01. The molecule has 130 valence electrons. The molecule has 4 aromatic carbocycles. The fourth-order valence-corrected chi connectivity index (χ4v) is 4.01. The van der Waals surface area contributed by atoms with E-state index in [1.54, 1.807) is 0 Å². The molecule has 4 aromatic rings. The third-order valence-corrected chi connectivity index (χ3v) is 5.22. The number of anilines is 3. The fraction of sp³-hybridized carbons (Fsp3) is 0. The van der Waals surface area contributed by atoms with Crippen molar-refractivity contribution in [3.63, 3.8) is 0 Å². The summed E-state index contributed by atoms with van der Waals surface area (Å²) >= 11 is 0. The molecule has 0 radical (unpaired) electrons. The maximum atomic E-state index is 6.15. The number of fused-ring (bicyclic) bond motifs is 8. The van der Waals surface area contributed by atoms with Crippen molar-refractivity contribution in [3.05, 3.63) is 78.9 Å². The Kier molecular flexibility index (Phi) is 3.25. The second kappa shape index (κ2) is 5.64. The predicted octanol–water partition coefficient (Wildman–Crippen LogP) is 5.41. The first-order valence-corrected chi connectivity index (χ1v) is 8.91. The predicted molar refractivity (Wildman–Crippen MR) is 115 cm³/mol. The van der Waals surface area contributed by atoms with Crippen LogP contribution in [0.4, 0.5) is 17.1 Å². The van der Waals surface area contributed by atoms with Gasteiger partial charge in [0.1, 0.15) is 0 Å². The average molecular weight is 349 g/mol. The Morgan fingerprint density at radius 2 is 0.630 bits per heavy atom. The van der Waals surface area contributed by atoms with E-state index in [4.69, 9.17) is 17.2 Å². The lowest BCUT2D eigenvalue weighted by Gasteiger charge is -2.23. The van der Waals surface area contributed by atoms with Crippen molar-refractivity contribution in [1.29, 1.82) is 0 Å². The summed E-state index contributed by atoms with van der Waals surface area (Å²) in [6.45, 7) is 0. The Hall–Kier alpha value is -3.72. The summed E-state index contributed by atoms with van der Waals surface area (Å²) in [7, 11) is 0. The number of nitrogen functional groups attached to an aromatic ring is 3. The first kappa shape index (κ1) is 15.5. The van der Waals surface area contributed by atoms with Gasteiger partial charge in [-0.05, 0) is 80.9 Å². The molecule has 0 aliphatic heterocycles. The lowest BCUT2D eigenvalue weighted by atomic mass is 9.80. The third kappa shape index (κ3) is 2.36. The summed E-state index contributed by atoms with van der Waals surface area (Å²) in [5.41, 5.74) is 29.7. The molecule has 6 N–H and O–H groups in total. The van der Waals surface area contributed by atoms with Gasteiger partial charge in [-0.15, -0.1) is 0 Å². The van der Waals surface area contributed by atoms with Gasteiger partial charge < -0.3 is 17.2 Å². The molecule has 0 amide bonds. The SMILES string of the molecule is Nc1ccc2c(c1)-c1ccccc1-c1cc(N)ccc1-c1cc(N)ccc1-2. The molecule has 0 bridgehead atoms. The molecular weight excluding hydrogens is 330 g/mol. The minimum Gasteiger partial charge on any atom is -0.399 e. The van der Waals surface area contributed by atoms with Crippen LogP contribution in [0.1, 0.15) is 0 Å². The summed E-state index contributed by atoms with van der Waals surface area (Å²) in [6.07, 6.45) is 0. The quantitative estimate of drug-likeness (QED) is 0.327. The van der Waals surface area contributed by atoms with E-state index >= 15 is 0 Å². The highest BCUT2D eigenvalue weighted by Gasteiger charge is 2.22. The van der Waals surface area contributed by atoms with E-state index in [-0.39, 0.29) is 0 Å². The van der Waals surface area contributed by atoms with E-state index in [0.29, 0.717) is 0 Å². The average Bonchev–Trinajstić information content (AvgIpc) is 2.67. The standard InChI is InChI=1S/C24H19N3/c25-14-5-8-19-20-9-6-15(26)13-24(20)21-10-7-16(27)12-23(21)18-4-2-1-3-17(18)22(19)11-14/h1-13H,25-27H2. The molecular formula is C24H19N3. The van der Waals surface area contributed by atoms with E-state index in [1.165, 1.54) is 0 Å². The molecule has 1 aliphatic rings. The van der Waals surface area contributed by atoms with Gasteiger partial charge in [-0.2, -0.15) is 0 Å². The maximum absolute atomic E-state index is 6.15. The first-order chi connectivity index (χ1) is 13.1. The van der Waals surface area contributed by atoms with Gasteiger partial charge in [0, 0.05) is 17.1 Å². The molecule has 27 heavy (non-hydrogen) atoms. The van der Waals surface area contributed by atoms with E-state index in [1.807, 2.05) is 36.4 Å². The van der Waals surface area contributed by atoms with Crippen LogP contribution in [0.25, 0.3) is 44.5 Å². The van der Waals surface area contributed by atoms with Crippen LogP contribution in [0.2, 0.25) is 0 Å². The number of benzene rings is 4. The third-order valence-electron chi connectivity index (χ3n) is 5.22. The number of hydrogen-bond acceptors (Lipinski definition) is 3. The van der Waals surface area contributed by atoms with Crippen molar-refractivity contribution in [2.75, 3.05) is 17.2 Å². The lowest BCUT2D eigenvalue weighted by molar-refractivity contribution is 1.52. The summed E-state index contributed by atoms with van der Waals surface area (Å²) in [4.78, 5) is 0. The molecule has 0 spiro atoms. The smallest absolute Gasteiger partial charge is 0.0320 e. The molecule has 0 atom stereocenters. The molecule has 0 aromatic heterocycles. The maximum Gasteiger partial charge on any atom is 0.0320 e. The minimum absolute atomic E-state index is 0.738. The van der Waals surface area contributed by atoms with Gasteiger partial charge in [0.05, 0.1) is 0 Å². The molecule has 5 rings (SSSR count). The highest BCUT2D eigenvalue weighted by Crippen LogP contribution is 2.48. The van der Waals surface area contributed by atoms with E-state index in [2.05, 4.69) is 42.5 Å². The van der Waals surface area contributed by atoms with Gasteiger partial charge in [-0.25, -0.2) is 0 Å². The second-order valence-corrected chi connectivity index (χ2v) is 6.96. The van der Waals surface area contributed by atoms with Crippen molar-refractivity contribution in [2.45, 2.75) is 0 Å². The van der Waals surface area contributed by atoms with Gasteiger partial charge in [-0.1, -0.05) is 42.5 Å². The Labute approximate surface area is 158 Å². The summed E-state index contributed by atoms with van der Waals surface area (Å²) in [5, 5.41) is 0. The Morgan fingerprint density at radius 3 is 1.00 bits per heavy atom. The molecule has 3 heteroatoms. The van der Waals surface area contributed by atoms with Crippen molar-refractivity contribution >= 4 is 17.1 Å². The van der Waals surface area contributed by atoms with E-state index < -0.39 is 0 Å². The van der Waals surface area contributed by atoms with Gasteiger partial charge in [0.25, 0.3) is 0 Å². The number of hydrogen-bond donors (Lipinski definition) is 3.